The lowest BCUT2D eigenvalue weighted by molar-refractivity contribution is 0.270. The molecule has 1 fully saturated rings. The van der Waals surface area contributed by atoms with Crippen molar-refractivity contribution in [3.05, 3.63) is 54.0 Å². The Bertz CT molecular complexity index is 707. The summed E-state index contributed by atoms with van der Waals surface area (Å²) in [7, 11) is 1.77. The third-order valence-electron chi connectivity index (χ3n) is 4.80. The molecule has 2 aromatic rings. The Kier molecular flexibility index (Phi) is 6.98. The number of aliphatic imine (C=N–C) groups is 1. The number of rotatable bonds is 6. The maximum atomic E-state index is 4.65. The van der Waals surface area contributed by atoms with E-state index in [0.29, 0.717) is 13.1 Å². The zero-order valence-electron chi connectivity index (χ0n) is 16.2. The zero-order valence-corrected chi connectivity index (χ0v) is 16.2. The third kappa shape index (κ3) is 5.65. The number of piperazine rings is 1. The molecule has 0 saturated carbocycles. The van der Waals surface area contributed by atoms with Crippen molar-refractivity contribution in [2.75, 3.05) is 44.7 Å². The van der Waals surface area contributed by atoms with Crippen LogP contribution < -0.4 is 15.5 Å². The third-order valence-corrected chi connectivity index (χ3v) is 4.80. The van der Waals surface area contributed by atoms with Gasteiger partial charge in [-0.15, -0.1) is 0 Å². The number of likely N-dealkylation sites (N-methyl/N-ethyl adjacent to an activating group) is 1. The van der Waals surface area contributed by atoms with Gasteiger partial charge in [0.25, 0.3) is 0 Å². The predicted octanol–water partition coefficient (Wildman–Crippen LogP) is 1.48. The number of nitrogens with zero attached hydrogens (tertiary/aromatic N) is 5. The van der Waals surface area contributed by atoms with E-state index in [0.717, 1.165) is 55.8 Å². The molecule has 0 spiro atoms. The summed E-state index contributed by atoms with van der Waals surface area (Å²) in [6.45, 7) is 8.97. The second-order valence-electron chi connectivity index (χ2n) is 6.55. The molecule has 0 radical (unpaired) electrons. The van der Waals surface area contributed by atoms with Crippen molar-refractivity contribution in [3.8, 4) is 0 Å². The van der Waals surface area contributed by atoms with E-state index >= 15 is 0 Å². The summed E-state index contributed by atoms with van der Waals surface area (Å²) < 4.78 is 0. The fourth-order valence-corrected chi connectivity index (χ4v) is 3.08. The molecule has 0 amide bonds. The maximum absolute atomic E-state index is 4.65. The minimum absolute atomic E-state index is 0.640. The molecule has 3 rings (SSSR count). The van der Waals surface area contributed by atoms with Crippen LogP contribution in [0.4, 0.5) is 5.82 Å². The number of aromatic nitrogens is 2. The first-order valence-electron chi connectivity index (χ1n) is 9.55. The molecule has 144 valence electrons. The summed E-state index contributed by atoms with van der Waals surface area (Å²) in [5.41, 5.74) is 2.11. The quantitative estimate of drug-likeness (QED) is 0.595. The summed E-state index contributed by atoms with van der Waals surface area (Å²) in [6.07, 6.45) is 3.74. The number of hydrogen-bond acceptors (Lipinski definition) is 5. The Hall–Kier alpha value is -2.67. The molecule has 2 N–H and O–H groups in total. The molecule has 27 heavy (non-hydrogen) atoms. The minimum Gasteiger partial charge on any atom is -0.354 e. The molecule has 0 aromatic carbocycles. The number of anilines is 1. The average Bonchev–Trinajstić information content (AvgIpc) is 2.75. The van der Waals surface area contributed by atoms with Gasteiger partial charge in [0.2, 0.25) is 0 Å². The topological polar surface area (TPSA) is 68.7 Å². The van der Waals surface area contributed by atoms with Crippen LogP contribution in [0.25, 0.3) is 0 Å². The Morgan fingerprint density at radius 3 is 2.48 bits per heavy atom. The molecule has 2 aromatic heterocycles. The normalized spacial score (nSPS) is 15.6. The smallest absolute Gasteiger partial charge is 0.191 e. The highest BCUT2D eigenvalue weighted by atomic mass is 15.3. The molecule has 3 heterocycles. The summed E-state index contributed by atoms with van der Waals surface area (Å²) in [5, 5.41) is 6.59. The van der Waals surface area contributed by atoms with E-state index in [4.69, 9.17) is 0 Å². The van der Waals surface area contributed by atoms with Crippen LogP contribution in [0.3, 0.4) is 0 Å². The van der Waals surface area contributed by atoms with E-state index in [9.17, 15) is 0 Å². The van der Waals surface area contributed by atoms with Crippen LogP contribution in [0.5, 0.6) is 0 Å². The molecule has 1 aliphatic heterocycles. The van der Waals surface area contributed by atoms with Crippen molar-refractivity contribution in [1.29, 1.82) is 0 Å². The van der Waals surface area contributed by atoms with Crippen molar-refractivity contribution in [3.63, 3.8) is 0 Å². The maximum Gasteiger partial charge on any atom is 0.191 e. The van der Waals surface area contributed by atoms with E-state index in [1.54, 1.807) is 13.2 Å². The molecule has 0 aliphatic carbocycles. The lowest BCUT2D eigenvalue weighted by atomic mass is 10.2. The van der Waals surface area contributed by atoms with Gasteiger partial charge in [0.1, 0.15) is 5.82 Å². The summed E-state index contributed by atoms with van der Waals surface area (Å²) >= 11 is 0. The Balaban J connectivity index is 1.46. The zero-order chi connectivity index (χ0) is 18.9. The van der Waals surface area contributed by atoms with Crippen LogP contribution in [0, 0.1) is 0 Å². The van der Waals surface area contributed by atoms with Crippen LogP contribution in [-0.2, 0) is 13.1 Å². The van der Waals surface area contributed by atoms with E-state index in [2.05, 4.69) is 54.5 Å². The van der Waals surface area contributed by atoms with Crippen LogP contribution in [0.1, 0.15) is 18.2 Å². The van der Waals surface area contributed by atoms with Gasteiger partial charge < -0.3 is 20.4 Å². The van der Waals surface area contributed by atoms with Crippen molar-refractivity contribution in [1.82, 2.24) is 25.5 Å². The van der Waals surface area contributed by atoms with Gasteiger partial charge in [-0.1, -0.05) is 19.1 Å². The van der Waals surface area contributed by atoms with Crippen LogP contribution in [0.15, 0.2) is 47.7 Å². The van der Waals surface area contributed by atoms with E-state index in [1.807, 2.05) is 24.4 Å². The Morgan fingerprint density at radius 1 is 1.04 bits per heavy atom. The van der Waals surface area contributed by atoms with Gasteiger partial charge in [0.05, 0.1) is 12.2 Å². The van der Waals surface area contributed by atoms with E-state index < -0.39 is 0 Å². The summed E-state index contributed by atoms with van der Waals surface area (Å²) in [5.74, 6) is 1.81. The van der Waals surface area contributed by atoms with Crippen LogP contribution in [0.2, 0.25) is 0 Å². The van der Waals surface area contributed by atoms with E-state index in [-0.39, 0.29) is 0 Å². The SMILES string of the molecule is CCN1CCN(c2ccc(CNC(=NC)NCc3ccccn3)cn2)CC1. The van der Waals surface area contributed by atoms with Gasteiger partial charge in [-0.3, -0.25) is 9.98 Å². The van der Waals surface area contributed by atoms with Gasteiger partial charge in [-0.25, -0.2) is 4.98 Å². The summed E-state index contributed by atoms with van der Waals surface area (Å²) in [6, 6.07) is 10.1. The number of guanidine groups is 1. The highest BCUT2D eigenvalue weighted by Gasteiger charge is 2.16. The van der Waals surface area contributed by atoms with Gasteiger partial charge in [-0.2, -0.15) is 0 Å². The second kappa shape index (κ2) is 9.87. The van der Waals surface area contributed by atoms with Crippen LogP contribution >= 0.6 is 0 Å². The molecule has 0 atom stereocenters. The fraction of sp³-hybridized carbons (Fsp3) is 0.450. The minimum atomic E-state index is 0.640. The average molecular weight is 368 g/mol. The first-order valence-corrected chi connectivity index (χ1v) is 9.55. The largest absolute Gasteiger partial charge is 0.354 e. The second-order valence-corrected chi connectivity index (χ2v) is 6.55. The monoisotopic (exact) mass is 367 g/mol. The molecule has 1 saturated heterocycles. The molecular formula is C20H29N7. The molecular weight excluding hydrogens is 338 g/mol. The molecule has 0 unspecified atom stereocenters. The number of pyridine rings is 2. The molecule has 0 bridgehead atoms. The predicted molar refractivity (Wildman–Crippen MR) is 110 cm³/mol. The van der Waals surface area contributed by atoms with Gasteiger partial charge >= 0.3 is 0 Å². The first kappa shape index (κ1) is 19.1. The van der Waals surface area contributed by atoms with Crippen molar-refractivity contribution >= 4 is 11.8 Å². The highest BCUT2D eigenvalue weighted by Crippen LogP contribution is 2.14. The Morgan fingerprint density at radius 2 is 1.85 bits per heavy atom. The van der Waals surface area contributed by atoms with Crippen molar-refractivity contribution in [2.24, 2.45) is 4.99 Å². The lowest BCUT2D eigenvalue weighted by Gasteiger charge is -2.34. The Labute approximate surface area is 161 Å². The first-order chi connectivity index (χ1) is 13.3. The van der Waals surface area contributed by atoms with Gasteiger partial charge in [0.15, 0.2) is 5.96 Å². The molecule has 1 aliphatic rings. The highest BCUT2D eigenvalue weighted by molar-refractivity contribution is 5.79. The standard InChI is InChI=1S/C20H29N7/c1-3-26-10-12-27(13-11-26)19-8-7-17(14-23-19)15-24-20(21-2)25-16-18-6-4-5-9-22-18/h4-9,14H,3,10-13,15-16H2,1-2H3,(H2,21,24,25). The van der Waals surface area contributed by atoms with Gasteiger partial charge in [-0.05, 0) is 30.3 Å². The fourth-order valence-electron chi connectivity index (χ4n) is 3.08. The number of hydrogen-bond donors (Lipinski definition) is 2. The number of nitrogens with one attached hydrogen (secondary N) is 2. The van der Waals surface area contributed by atoms with Crippen LogP contribution in [-0.4, -0.2) is 60.6 Å². The van der Waals surface area contributed by atoms with E-state index in [1.165, 1.54) is 0 Å². The molecule has 7 heteroatoms. The lowest BCUT2D eigenvalue weighted by Crippen LogP contribution is -2.46. The van der Waals surface area contributed by atoms with Crippen molar-refractivity contribution < 1.29 is 0 Å². The summed E-state index contributed by atoms with van der Waals surface area (Å²) in [4.78, 5) is 18.0. The molecule has 7 nitrogen and oxygen atoms in total. The van der Waals surface area contributed by atoms with Gasteiger partial charge in [0, 0.05) is 52.2 Å². The van der Waals surface area contributed by atoms with Crippen molar-refractivity contribution in [2.45, 2.75) is 20.0 Å².